The van der Waals surface area contributed by atoms with Crippen LogP contribution in [0.4, 0.5) is 13.2 Å². The van der Waals surface area contributed by atoms with Gasteiger partial charge in [-0.1, -0.05) is 48.5 Å². The summed E-state index contributed by atoms with van der Waals surface area (Å²) < 4.78 is 42.1. The van der Waals surface area contributed by atoms with E-state index in [9.17, 15) is 13.2 Å². The van der Waals surface area contributed by atoms with Crippen LogP contribution in [0.3, 0.4) is 0 Å². The summed E-state index contributed by atoms with van der Waals surface area (Å²) in [7, 11) is 0. The molecule has 2 heterocycles. The lowest BCUT2D eigenvalue weighted by Gasteiger charge is -2.16. The Kier molecular flexibility index (Phi) is 5.40. The third kappa shape index (κ3) is 3.79. The molecule has 0 amide bonds. The number of thioether (sulfide) groups is 1. The summed E-state index contributed by atoms with van der Waals surface area (Å²) in [6, 6.07) is 10.7. The Balaban J connectivity index is 1.96. The number of hydrogen-bond acceptors (Lipinski definition) is 4. The van der Waals surface area contributed by atoms with Crippen LogP contribution in [0.1, 0.15) is 35.9 Å². The maximum Gasteiger partial charge on any atom is 0.416 e. The van der Waals surface area contributed by atoms with Crippen molar-refractivity contribution in [1.29, 1.82) is 0 Å². The molecule has 0 unspecified atom stereocenters. The Bertz CT molecular complexity index is 1090. The number of hydrogen-bond donors (Lipinski definition) is 0. The zero-order valence-corrected chi connectivity index (χ0v) is 16.9. The highest BCUT2D eigenvalue weighted by Gasteiger charge is 2.33. The number of alkyl halides is 3. The van der Waals surface area contributed by atoms with Crippen molar-refractivity contribution >= 4 is 29.1 Å². The van der Waals surface area contributed by atoms with Crippen LogP contribution in [-0.2, 0) is 12.7 Å². The van der Waals surface area contributed by atoms with E-state index in [0.717, 1.165) is 24.3 Å². The van der Waals surface area contributed by atoms with Crippen LogP contribution in [-0.4, -0.2) is 26.2 Å². The van der Waals surface area contributed by atoms with Gasteiger partial charge >= 0.3 is 6.18 Å². The maximum absolute atomic E-state index is 13.4. The van der Waals surface area contributed by atoms with Gasteiger partial charge < -0.3 is 0 Å². The van der Waals surface area contributed by atoms with Gasteiger partial charge in [-0.15, -0.1) is 10.2 Å². The summed E-state index contributed by atoms with van der Waals surface area (Å²) in [5.41, 5.74) is 1.16. The molecule has 1 aromatic heterocycles. The van der Waals surface area contributed by atoms with Crippen molar-refractivity contribution < 1.29 is 13.2 Å². The second kappa shape index (κ2) is 7.84. The minimum atomic E-state index is -4.47. The second-order valence-electron chi connectivity index (χ2n) is 6.46. The van der Waals surface area contributed by atoms with Crippen molar-refractivity contribution in [3.05, 3.63) is 70.0 Å². The van der Waals surface area contributed by atoms with E-state index in [2.05, 4.69) is 22.1 Å². The number of aliphatic imine (C=N–C) groups is 1. The van der Waals surface area contributed by atoms with Crippen LogP contribution in [0.5, 0.6) is 0 Å². The molecule has 0 radical (unpaired) electrons. The van der Waals surface area contributed by atoms with Crippen LogP contribution >= 0.6 is 23.4 Å². The molecule has 4 nitrogen and oxygen atoms in total. The van der Waals surface area contributed by atoms with Crippen LogP contribution < -0.4 is 0 Å². The monoisotopic (exact) mass is 436 g/mol. The summed E-state index contributed by atoms with van der Waals surface area (Å²) in [5.74, 6) is 1.40. The SMILES string of the molecule is CCCSc1nnc2n1-c1ccc(C(F)(F)F)cc1C(c1ccccc1Cl)=NC2. The first-order chi connectivity index (χ1) is 13.9. The molecule has 4 rings (SSSR count). The van der Waals surface area contributed by atoms with E-state index in [-0.39, 0.29) is 6.54 Å². The Morgan fingerprint density at radius 1 is 1.10 bits per heavy atom. The van der Waals surface area contributed by atoms with Crippen molar-refractivity contribution in [2.24, 2.45) is 4.99 Å². The first-order valence-corrected chi connectivity index (χ1v) is 10.3. The summed E-state index contributed by atoms with van der Waals surface area (Å²) >= 11 is 7.86. The fraction of sp³-hybridized carbons (Fsp3) is 0.250. The van der Waals surface area contributed by atoms with Gasteiger partial charge in [0.15, 0.2) is 11.0 Å². The molecule has 1 aliphatic heterocycles. The third-order valence-electron chi connectivity index (χ3n) is 4.46. The molecule has 0 atom stereocenters. The Hall–Kier alpha value is -2.32. The van der Waals surface area contributed by atoms with Crippen molar-refractivity contribution in [3.63, 3.8) is 0 Å². The molecule has 150 valence electrons. The molecule has 0 N–H and O–H groups in total. The zero-order chi connectivity index (χ0) is 20.6. The molecule has 2 aromatic carbocycles. The summed E-state index contributed by atoms with van der Waals surface area (Å²) in [6.07, 6.45) is -3.53. The van der Waals surface area contributed by atoms with Crippen molar-refractivity contribution in [1.82, 2.24) is 14.8 Å². The van der Waals surface area contributed by atoms with E-state index in [1.54, 1.807) is 28.8 Å². The summed E-state index contributed by atoms with van der Waals surface area (Å²) in [5, 5.41) is 9.50. The van der Waals surface area contributed by atoms with E-state index < -0.39 is 11.7 Å². The summed E-state index contributed by atoms with van der Waals surface area (Å²) in [4.78, 5) is 4.59. The Morgan fingerprint density at radius 2 is 1.90 bits per heavy atom. The van der Waals surface area contributed by atoms with Gasteiger partial charge in [-0.3, -0.25) is 9.56 Å². The van der Waals surface area contributed by atoms with Crippen molar-refractivity contribution in [2.45, 2.75) is 31.2 Å². The van der Waals surface area contributed by atoms with Gasteiger partial charge in [-0.2, -0.15) is 13.2 Å². The topological polar surface area (TPSA) is 43.1 Å². The average Bonchev–Trinajstić information content (AvgIpc) is 3.02. The molecule has 29 heavy (non-hydrogen) atoms. The largest absolute Gasteiger partial charge is 0.416 e. The van der Waals surface area contributed by atoms with Gasteiger partial charge in [0, 0.05) is 21.9 Å². The number of aromatic nitrogens is 3. The van der Waals surface area contributed by atoms with Gasteiger partial charge in [0.25, 0.3) is 0 Å². The smallest absolute Gasteiger partial charge is 0.276 e. The predicted molar refractivity (Wildman–Crippen MR) is 108 cm³/mol. The fourth-order valence-electron chi connectivity index (χ4n) is 3.15. The van der Waals surface area contributed by atoms with Gasteiger partial charge in [0.1, 0.15) is 6.54 Å². The molecule has 0 saturated carbocycles. The lowest BCUT2D eigenvalue weighted by atomic mass is 9.98. The summed E-state index contributed by atoms with van der Waals surface area (Å²) in [6.45, 7) is 2.24. The molecular formula is C20H16ClF3N4S. The first-order valence-electron chi connectivity index (χ1n) is 8.98. The molecule has 0 spiro atoms. The highest BCUT2D eigenvalue weighted by molar-refractivity contribution is 7.99. The average molecular weight is 437 g/mol. The van der Waals surface area contributed by atoms with Gasteiger partial charge in [-0.25, -0.2) is 0 Å². The molecular weight excluding hydrogens is 421 g/mol. The fourth-order valence-corrected chi connectivity index (χ4v) is 4.19. The van der Waals surface area contributed by atoms with Gasteiger partial charge in [-0.05, 0) is 30.7 Å². The standard InChI is InChI=1S/C20H16ClF3N4S/c1-2-9-29-19-27-26-17-11-25-18(13-5-3-4-6-15(13)21)14-10-12(20(22,23)24)7-8-16(14)28(17)19/h3-8,10H,2,9,11H2,1H3. The normalized spacial score (nSPS) is 13.5. The number of benzene rings is 2. The zero-order valence-electron chi connectivity index (χ0n) is 15.4. The van der Waals surface area contributed by atoms with Gasteiger partial charge in [0.05, 0.1) is 17.0 Å². The Morgan fingerprint density at radius 3 is 2.62 bits per heavy atom. The molecule has 3 aromatic rings. The van der Waals surface area contributed by atoms with E-state index in [4.69, 9.17) is 11.6 Å². The highest BCUT2D eigenvalue weighted by Crippen LogP contribution is 2.36. The molecule has 9 heteroatoms. The highest BCUT2D eigenvalue weighted by atomic mass is 35.5. The van der Waals surface area contributed by atoms with E-state index >= 15 is 0 Å². The van der Waals surface area contributed by atoms with Gasteiger partial charge in [0.2, 0.25) is 0 Å². The van der Waals surface area contributed by atoms with Crippen LogP contribution in [0.2, 0.25) is 5.02 Å². The van der Waals surface area contributed by atoms with E-state index in [1.807, 2.05) is 0 Å². The van der Waals surface area contributed by atoms with E-state index in [0.29, 0.717) is 38.5 Å². The number of fused-ring (bicyclic) bond motifs is 3. The minimum absolute atomic E-state index is 0.191. The number of rotatable bonds is 4. The lowest BCUT2D eigenvalue weighted by Crippen LogP contribution is -2.12. The molecule has 0 fully saturated rings. The maximum atomic E-state index is 13.4. The van der Waals surface area contributed by atoms with E-state index in [1.165, 1.54) is 17.8 Å². The quantitative estimate of drug-likeness (QED) is 0.486. The predicted octanol–water partition coefficient (Wildman–Crippen LogP) is 5.79. The number of nitrogens with zero attached hydrogens (tertiary/aromatic N) is 4. The van der Waals surface area contributed by atoms with Crippen LogP contribution in [0, 0.1) is 0 Å². The number of halogens is 4. The van der Waals surface area contributed by atoms with Crippen LogP contribution in [0.25, 0.3) is 5.69 Å². The van der Waals surface area contributed by atoms with Crippen molar-refractivity contribution in [2.75, 3.05) is 5.75 Å². The molecule has 0 bridgehead atoms. The lowest BCUT2D eigenvalue weighted by molar-refractivity contribution is -0.137. The minimum Gasteiger partial charge on any atom is -0.276 e. The Labute approximate surface area is 174 Å². The molecule has 0 saturated heterocycles. The molecule has 0 aliphatic carbocycles. The van der Waals surface area contributed by atoms with Crippen LogP contribution in [0.15, 0.2) is 52.6 Å². The third-order valence-corrected chi connectivity index (χ3v) is 5.93. The first kappa shape index (κ1) is 20.0. The molecule has 1 aliphatic rings. The second-order valence-corrected chi connectivity index (χ2v) is 7.93. The van der Waals surface area contributed by atoms with Crippen molar-refractivity contribution in [3.8, 4) is 5.69 Å².